The van der Waals surface area contributed by atoms with E-state index in [4.69, 9.17) is 51.3 Å². The maximum absolute atomic E-state index is 14.4. The average molecular weight is 1120 g/mol. The summed E-state index contributed by atoms with van der Waals surface area (Å²) >= 11 is 17.7. The van der Waals surface area contributed by atoms with Crippen molar-refractivity contribution in [3.05, 3.63) is 157 Å². The van der Waals surface area contributed by atoms with Crippen LogP contribution in [0.2, 0.25) is 15.1 Å². The molecule has 0 unspecified atom stereocenters. The molecule has 3 aliphatic carbocycles. The van der Waals surface area contributed by atoms with Gasteiger partial charge in [-0.05, 0) is 106 Å². The Morgan fingerprint density at radius 2 is 0.910 bits per heavy atom. The van der Waals surface area contributed by atoms with Crippen LogP contribution in [0.1, 0.15) is 135 Å². The third kappa shape index (κ3) is 11.9. The van der Waals surface area contributed by atoms with Crippen LogP contribution in [0.5, 0.6) is 0 Å². The highest BCUT2D eigenvalue weighted by Crippen LogP contribution is 2.34. The summed E-state index contributed by atoms with van der Waals surface area (Å²) in [6.07, 6.45) is 19.5. The molecule has 0 bridgehead atoms. The number of aromatic nitrogens is 6. The summed E-state index contributed by atoms with van der Waals surface area (Å²) in [5.41, 5.74) is 18.7. The molecule has 408 valence electrons. The number of anilines is 3. The summed E-state index contributed by atoms with van der Waals surface area (Å²) in [6.45, 7) is 4.87. The molecular formula is C58H64Cl3F3N14. The minimum absolute atomic E-state index is 0.0787. The van der Waals surface area contributed by atoms with Crippen LogP contribution in [0.15, 0.2) is 88.2 Å². The fourth-order valence-corrected chi connectivity index (χ4v) is 12.2. The molecule has 6 heterocycles. The molecule has 3 aromatic heterocycles. The van der Waals surface area contributed by atoms with Gasteiger partial charge in [0, 0.05) is 41.9 Å². The van der Waals surface area contributed by atoms with E-state index in [9.17, 15) is 13.2 Å². The molecule has 3 aromatic carbocycles. The Labute approximate surface area is 468 Å². The molecule has 6 atom stereocenters. The van der Waals surface area contributed by atoms with E-state index in [1.54, 1.807) is 55.0 Å². The second-order valence-electron chi connectivity index (χ2n) is 20.9. The zero-order valence-corrected chi connectivity index (χ0v) is 46.1. The highest BCUT2D eigenvalue weighted by Gasteiger charge is 2.32. The van der Waals surface area contributed by atoms with Gasteiger partial charge in [-0.15, -0.1) is 0 Å². The van der Waals surface area contributed by atoms with Crippen molar-refractivity contribution in [3.8, 4) is 0 Å². The fourth-order valence-electron chi connectivity index (χ4n) is 11.7. The number of benzene rings is 3. The summed E-state index contributed by atoms with van der Waals surface area (Å²) in [7, 11) is 2.09. The van der Waals surface area contributed by atoms with E-state index in [2.05, 4.69) is 69.4 Å². The van der Waals surface area contributed by atoms with Crippen LogP contribution >= 0.6 is 34.8 Å². The second kappa shape index (κ2) is 24.9. The lowest BCUT2D eigenvalue weighted by Crippen LogP contribution is -2.39. The number of fused-ring (bicyclic) bond motifs is 3. The van der Waals surface area contributed by atoms with E-state index < -0.39 is 17.5 Å². The van der Waals surface area contributed by atoms with Gasteiger partial charge in [0.25, 0.3) is 0 Å². The third-order valence-corrected chi connectivity index (χ3v) is 16.9. The first-order valence-electron chi connectivity index (χ1n) is 27.1. The SMILES string of the molecule is C[C@H]1CCCC[C@@H]1N(C)c1cnc2c(n1)CN=C2c1cccc(Cl)c1F.NC[C@@H]1CCCC[C@@H]1Nc1cnc2c(n1)CN=C2c1cccc(Cl)c1F.NC[C@@H]1CCCC[C@H]1Nc1cnc2c(n1)CN=C2c1cccc(Cl)c1F. The first-order valence-corrected chi connectivity index (χ1v) is 28.2. The fraction of sp³-hybridized carbons (Fsp3) is 0.431. The topological polar surface area (TPSA) is 194 Å². The van der Waals surface area contributed by atoms with Gasteiger partial charge >= 0.3 is 0 Å². The lowest BCUT2D eigenvalue weighted by atomic mass is 9.84. The smallest absolute Gasteiger partial charge is 0.151 e. The third-order valence-electron chi connectivity index (χ3n) is 16.0. The molecule has 78 heavy (non-hydrogen) atoms. The molecule has 6 aromatic rings. The van der Waals surface area contributed by atoms with E-state index in [-0.39, 0.29) is 15.1 Å². The molecule has 12 rings (SSSR count). The Hall–Kier alpha value is -6.11. The standard InChI is InChI=1S/C20H22ClFN4.2C19H21ClFN5/c1-12-6-3-4-9-16(12)26(2)17-11-24-20-15(25-17)10-23-19(20)13-7-5-8-14(21)18(13)22;2*20-13-6-3-5-12(17(13)21)18-19-15(9-23-18)26-16(10-24-19)25-14-7-2-1-4-11(14)8-22/h5,7-8,11-12,16H,3-4,6,9-10H2,1-2H3;2*3,5-6,10-11,14H,1-2,4,7-9,22H2,(H,25,26)/t12-,16-;11-,14+;11-,14-/m000/s1. The lowest BCUT2D eigenvalue weighted by molar-refractivity contribution is 0.320. The van der Waals surface area contributed by atoms with Crippen LogP contribution in [-0.4, -0.2) is 85.3 Å². The Morgan fingerprint density at radius 1 is 0.526 bits per heavy atom. The molecule has 6 aliphatic rings. The van der Waals surface area contributed by atoms with Crippen molar-refractivity contribution in [1.82, 2.24) is 29.9 Å². The van der Waals surface area contributed by atoms with Crippen LogP contribution in [0.3, 0.4) is 0 Å². The van der Waals surface area contributed by atoms with Gasteiger partial charge < -0.3 is 27.0 Å². The quantitative estimate of drug-likeness (QED) is 0.0964. The monoisotopic (exact) mass is 1120 g/mol. The number of halogens is 6. The molecule has 3 aliphatic heterocycles. The van der Waals surface area contributed by atoms with Crippen molar-refractivity contribution < 1.29 is 13.2 Å². The number of nitrogens with two attached hydrogens (primary N) is 2. The number of nitrogens with zero attached hydrogens (tertiary/aromatic N) is 10. The van der Waals surface area contributed by atoms with Crippen molar-refractivity contribution in [2.45, 2.75) is 122 Å². The predicted octanol–water partition coefficient (Wildman–Crippen LogP) is 11.7. The van der Waals surface area contributed by atoms with Crippen LogP contribution in [-0.2, 0) is 19.6 Å². The van der Waals surface area contributed by atoms with Crippen molar-refractivity contribution in [1.29, 1.82) is 0 Å². The van der Waals surface area contributed by atoms with Gasteiger partial charge in [-0.25, -0.2) is 43.1 Å². The number of aliphatic imine (C=N–C) groups is 3. The van der Waals surface area contributed by atoms with Crippen LogP contribution in [0.4, 0.5) is 30.6 Å². The van der Waals surface area contributed by atoms with Crippen molar-refractivity contribution in [2.24, 2.45) is 44.2 Å². The van der Waals surface area contributed by atoms with Gasteiger partial charge in [-0.2, -0.15) is 0 Å². The molecule has 0 radical (unpaired) electrons. The number of hydrogen-bond acceptors (Lipinski definition) is 14. The second-order valence-corrected chi connectivity index (χ2v) is 22.1. The summed E-state index contributed by atoms with van der Waals surface area (Å²) < 4.78 is 43.0. The largest absolute Gasteiger partial charge is 0.366 e. The zero-order chi connectivity index (χ0) is 54.5. The van der Waals surface area contributed by atoms with Crippen LogP contribution in [0, 0.1) is 35.2 Å². The molecule has 0 amide bonds. The average Bonchev–Trinajstić information content (AvgIpc) is 4.29. The van der Waals surface area contributed by atoms with Crippen molar-refractivity contribution in [3.63, 3.8) is 0 Å². The first-order chi connectivity index (χ1) is 37.9. The van der Waals surface area contributed by atoms with Gasteiger partial charge in [0.15, 0.2) is 17.5 Å². The van der Waals surface area contributed by atoms with E-state index in [0.717, 1.165) is 60.2 Å². The van der Waals surface area contributed by atoms with E-state index >= 15 is 0 Å². The Kier molecular flexibility index (Phi) is 17.6. The van der Waals surface area contributed by atoms with Gasteiger partial charge in [-0.1, -0.05) is 98.5 Å². The highest BCUT2D eigenvalue weighted by molar-refractivity contribution is 6.32. The molecule has 3 fully saturated rings. The minimum atomic E-state index is -0.474. The maximum Gasteiger partial charge on any atom is 0.151 e. The number of rotatable bonds is 11. The predicted molar refractivity (Wildman–Crippen MR) is 305 cm³/mol. The maximum atomic E-state index is 14.4. The van der Waals surface area contributed by atoms with E-state index in [1.807, 2.05) is 0 Å². The minimum Gasteiger partial charge on any atom is -0.366 e. The molecule has 6 N–H and O–H groups in total. The molecular weight excluding hydrogens is 1060 g/mol. The summed E-state index contributed by atoms with van der Waals surface area (Å²) in [5.74, 6) is 2.50. The first kappa shape index (κ1) is 55.2. The summed E-state index contributed by atoms with van der Waals surface area (Å²) in [6, 6.07) is 15.9. The normalized spacial score (nSPS) is 22.1. The zero-order valence-electron chi connectivity index (χ0n) is 43.8. The number of hydrogen-bond donors (Lipinski definition) is 4. The van der Waals surface area contributed by atoms with Gasteiger partial charge in [0.05, 0.1) is 87.5 Å². The molecule has 14 nitrogen and oxygen atoms in total. The van der Waals surface area contributed by atoms with Crippen LogP contribution < -0.4 is 27.0 Å². The van der Waals surface area contributed by atoms with Crippen molar-refractivity contribution >= 4 is 69.4 Å². The Bertz CT molecular complexity index is 3110. The summed E-state index contributed by atoms with van der Waals surface area (Å²) in [5, 5.41) is 7.22. The van der Waals surface area contributed by atoms with Gasteiger partial charge in [-0.3, -0.25) is 15.0 Å². The van der Waals surface area contributed by atoms with E-state index in [1.165, 1.54) is 69.6 Å². The molecule has 0 saturated heterocycles. The van der Waals surface area contributed by atoms with E-state index in [0.29, 0.717) is 120 Å². The van der Waals surface area contributed by atoms with Crippen LogP contribution in [0.25, 0.3) is 0 Å². The Morgan fingerprint density at radius 3 is 1.33 bits per heavy atom. The highest BCUT2D eigenvalue weighted by atomic mass is 35.5. The Balaban J connectivity index is 0.000000132. The molecule has 20 heteroatoms. The molecule has 3 saturated carbocycles. The van der Waals surface area contributed by atoms with Gasteiger partial charge in [0.2, 0.25) is 0 Å². The number of nitrogens with one attached hydrogen (secondary N) is 2. The molecule has 0 spiro atoms. The summed E-state index contributed by atoms with van der Waals surface area (Å²) in [4.78, 5) is 43.3. The van der Waals surface area contributed by atoms with Gasteiger partial charge in [0.1, 0.15) is 34.5 Å². The van der Waals surface area contributed by atoms with Crippen molar-refractivity contribution in [2.75, 3.05) is 35.7 Å². The lowest BCUT2D eigenvalue weighted by Gasteiger charge is -2.36.